The minimum Gasteiger partial charge on any atom is -0.497 e. The summed E-state index contributed by atoms with van der Waals surface area (Å²) in [5.41, 5.74) is 2.67. The molecule has 1 N–H and O–H groups in total. The number of anilines is 1. The van der Waals surface area contributed by atoms with Gasteiger partial charge in [0.25, 0.3) is 0 Å². The van der Waals surface area contributed by atoms with E-state index in [1.807, 2.05) is 55.1 Å². The van der Waals surface area contributed by atoms with Crippen LogP contribution >= 0.6 is 0 Å². The van der Waals surface area contributed by atoms with E-state index in [9.17, 15) is 19.1 Å². The molecule has 0 radical (unpaired) electrons. The van der Waals surface area contributed by atoms with Crippen molar-refractivity contribution in [3.63, 3.8) is 0 Å². The normalized spacial score (nSPS) is 20.5. The van der Waals surface area contributed by atoms with Gasteiger partial charge >= 0.3 is 5.97 Å². The van der Waals surface area contributed by atoms with Crippen LogP contribution in [0.2, 0.25) is 0 Å². The minimum atomic E-state index is -1.05. The molecule has 2 fully saturated rings. The zero-order valence-corrected chi connectivity index (χ0v) is 23.1. The van der Waals surface area contributed by atoms with Crippen LogP contribution < -0.4 is 9.64 Å². The van der Waals surface area contributed by atoms with Crippen LogP contribution in [0.3, 0.4) is 0 Å². The number of hydrogen-bond donors (Lipinski definition) is 1. The molecule has 210 valence electrons. The molecule has 40 heavy (non-hydrogen) atoms. The number of amides is 1. The van der Waals surface area contributed by atoms with Crippen LogP contribution in [-0.2, 0) is 17.6 Å². The van der Waals surface area contributed by atoms with Gasteiger partial charge in [0, 0.05) is 49.6 Å². The maximum atomic E-state index is 13.7. The van der Waals surface area contributed by atoms with Gasteiger partial charge in [-0.1, -0.05) is 38.1 Å². The molecule has 0 bridgehead atoms. The van der Waals surface area contributed by atoms with Gasteiger partial charge in [0.05, 0.1) is 18.4 Å². The summed E-state index contributed by atoms with van der Waals surface area (Å²) in [4.78, 5) is 38.4. The highest BCUT2D eigenvalue weighted by Crippen LogP contribution is 2.42. The number of aryl methyl sites for hydroxylation is 2. The summed E-state index contributed by atoms with van der Waals surface area (Å²) in [6.45, 7) is 5.71. The number of aromatic carboxylic acids is 1. The van der Waals surface area contributed by atoms with Crippen molar-refractivity contribution >= 4 is 17.8 Å². The lowest BCUT2D eigenvalue weighted by Crippen LogP contribution is -2.49. The van der Waals surface area contributed by atoms with Crippen LogP contribution in [0.5, 0.6) is 5.75 Å². The van der Waals surface area contributed by atoms with Crippen molar-refractivity contribution in [2.45, 2.75) is 45.1 Å². The standard InChI is InChI=1S/C31H35FN4O4/c1-19(2)29(37)36-18-25(21-7-9-22(32)10-8-21)26-17-35(15-14-28(26)36)31-33-16-24(30(38)39)27(34-31)13-6-20-4-11-23(40-3)12-5-20/h4-5,7-12,16,19,25-26,28H,6,13-15,17-18H2,1-3H3,(H,38,39)/t25-,26-,28+/m0/s1. The first-order chi connectivity index (χ1) is 19.2. The van der Waals surface area contributed by atoms with Gasteiger partial charge in [-0.3, -0.25) is 4.79 Å². The van der Waals surface area contributed by atoms with Crippen LogP contribution in [0.25, 0.3) is 0 Å². The van der Waals surface area contributed by atoms with Gasteiger partial charge in [0.1, 0.15) is 11.6 Å². The van der Waals surface area contributed by atoms with Gasteiger partial charge in [-0.15, -0.1) is 0 Å². The number of likely N-dealkylation sites (tertiary alicyclic amines) is 1. The third kappa shape index (κ3) is 5.64. The molecule has 8 nitrogen and oxygen atoms in total. The number of ether oxygens (including phenoxy) is 1. The first-order valence-corrected chi connectivity index (χ1v) is 13.8. The number of carbonyl (C=O) groups excluding carboxylic acids is 1. The number of aromatic nitrogens is 2. The number of hydrogen-bond acceptors (Lipinski definition) is 6. The fraction of sp³-hybridized carbons (Fsp3) is 0.419. The van der Waals surface area contributed by atoms with Crippen LogP contribution in [0.15, 0.2) is 54.7 Å². The number of rotatable bonds is 8. The number of benzene rings is 2. The molecular formula is C31H35FN4O4. The molecule has 0 unspecified atom stereocenters. The summed E-state index contributed by atoms with van der Waals surface area (Å²) in [5.74, 6) is 0.137. The largest absolute Gasteiger partial charge is 0.497 e. The summed E-state index contributed by atoms with van der Waals surface area (Å²) in [6.07, 6.45) is 3.25. The molecule has 2 aliphatic rings. The molecule has 5 rings (SSSR count). The zero-order chi connectivity index (χ0) is 28.4. The monoisotopic (exact) mass is 546 g/mol. The predicted molar refractivity (Wildman–Crippen MR) is 149 cm³/mol. The second-order valence-corrected chi connectivity index (χ2v) is 11.0. The zero-order valence-electron chi connectivity index (χ0n) is 23.1. The van der Waals surface area contributed by atoms with Crippen LogP contribution in [0, 0.1) is 17.7 Å². The molecule has 2 saturated heterocycles. The van der Waals surface area contributed by atoms with E-state index in [0.717, 1.165) is 23.3 Å². The number of carboxylic acids is 1. The molecule has 1 amide bonds. The van der Waals surface area contributed by atoms with E-state index in [4.69, 9.17) is 9.72 Å². The molecule has 0 aliphatic carbocycles. The van der Waals surface area contributed by atoms with Gasteiger partial charge in [-0.25, -0.2) is 19.2 Å². The van der Waals surface area contributed by atoms with E-state index in [1.54, 1.807) is 7.11 Å². The van der Waals surface area contributed by atoms with Gasteiger partial charge < -0.3 is 19.6 Å². The summed E-state index contributed by atoms with van der Waals surface area (Å²) in [7, 11) is 1.62. The Kier molecular flexibility index (Phi) is 8.00. The molecule has 9 heteroatoms. The molecule has 1 aromatic heterocycles. The Morgan fingerprint density at radius 2 is 1.80 bits per heavy atom. The Bertz CT molecular complexity index is 1360. The van der Waals surface area contributed by atoms with Gasteiger partial charge in [0.15, 0.2) is 0 Å². The van der Waals surface area contributed by atoms with Crippen LogP contribution in [0.4, 0.5) is 10.3 Å². The second kappa shape index (κ2) is 11.6. The molecule has 2 aliphatic heterocycles. The first-order valence-electron chi connectivity index (χ1n) is 13.8. The van der Waals surface area contributed by atoms with E-state index in [-0.39, 0.29) is 41.1 Å². The molecule has 2 aromatic carbocycles. The van der Waals surface area contributed by atoms with E-state index in [0.29, 0.717) is 44.1 Å². The maximum absolute atomic E-state index is 13.7. The average molecular weight is 547 g/mol. The fourth-order valence-corrected chi connectivity index (χ4v) is 6.05. The molecule has 3 aromatic rings. The van der Waals surface area contributed by atoms with Gasteiger partial charge in [0.2, 0.25) is 11.9 Å². The van der Waals surface area contributed by atoms with E-state index >= 15 is 0 Å². The highest BCUT2D eigenvalue weighted by atomic mass is 19.1. The molecule has 0 saturated carbocycles. The summed E-state index contributed by atoms with van der Waals surface area (Å²) >= 11 is 0. The van der Waals surface area contributed by atoms with Gasteiger partial charge in [-0.05, 0) is 54.7 Å². The minimum absolute atomic E-state index is 0.0592. The van der Waals surface area contributed by atoms with Crippen LogP contribution in [-0.4, -0.2) is 64.6 Å². The number of halogens is 1. The van der Waals surface area contributed by atoms with Crippen molar-refractivity contribution in [3.8, 4) is 5.75 Å². The smallest absolute Gasteiger partial charge is 0.339 e. The maximum Gasteiger partial charge on any atom is 0.339 e. The summed E-state index contributed by atoms with van der Waals surface area (Å²) in [5, 5.41) is 9.79. The third-order valence-corrected chi connectivity index (χ3v) is 8.18. The Morgan fingerprint density at radius 3 is 2.45 bits per heavy atom. The third-order valence-electron chi connectivity index (χ3n) is 8.18. The number of fused-ring (bicyclic) bond motifs is 1. The second-order valence-electron chi connectivity index (χ2n) is 11.0. The number of carbonyl (C=O) groups is 2. The predicted octanol–water partition coefficient (Wildman–Crippen LogP) is 4.58. The molecule has 3 heterocycles. The number of piperidine rings is 1. The number of nitrogens with zero attached hydrogens (tertiary/aromatic N) is 4. The van der Waals surface area contributed by atoms with E-state index in [2.05, 4.69) is 9.88 Å². The lowest BCUT2D eigenvalue weighted by Gasteiger charge is -2.39. The highest BCUT2D eigenvalue weighted by Gasteiger charge is 2.47. The summed E-state index contributed by atoms with van der Waals surface area (Å²) in [6, 6.07) is 14.3. The van der Waals surface area contributed by atoms with Crippen molar-refractivity contribution in [2.75, 3.05) is 31.6 Å². The van der Waals surface area contributed by atoms with E-state index in [1.165, 1.54) is 18.3 Å². The van der Waals surface area contributed by atoms with E-state index < -0.39 is 5.97 Å². The fourth-order valence-electron chi connectivity index (χ4n) is 6.05. The van der Waals surface area contributed by atoms with Crippen molar-refractivity contribution in [1.29, 1.82) is 0 Å². The quantitative estimate of drug-likeness (QED) is 0.442. The lowest BCUT2D eigenvalue weighted by molar-refractivity contribution is -0.135. The Morgan fingerprint density at radius 1 is 1.07 bits per heavy atom. The van der Waals surface area contributed by atoms with Crippen molar-refractivity contribution in [3.05, 3.63) is 82.9 Å². The molecular weight excluding hydrogens is 511 g/mol. The number of methoxy groups -OCH3 is 1. The highest BCUT2D eigenvalue weighted by molar-refractivity contribution is 5.88. The molecule has 3 atom stereocenters. The first kappa shape index (κ1) is 27.6. The Hall–Kier alpha value is -4.01. The van der Waals surface area contributed by atoms with Crippen molar-refractivity contribution in [1.82, 2.24) is 14.9 Å². The summed E-state index contributed by atoms with van der Waals surface area (Å²) < 4.78 is 18.9. The Balaban J connectivity index is 1.39. The SMILES string of the molecule is COc1ccc(CCc2nc(N3CC[C@@H]4[C@@H](C3)[C@H](c3ccc(F)cc3)CN4C(=O)C(C)C)ncc2C(=O)O)cc1. The van der Waals surface area contributed by atoms with Crippen molar-refractivity contribution < 1.29 is 23.8 Å². The van der Waals surface area contributed by atoms with Gasteiger partial charge in [-0.2, -0.15) is 0 Å². The topological polar surface area (TPSA) is 95.9 Å². The average Bonchev–Trinajstić information content (AvgIpc) is 3.34. The number of carboxylic acid groups (broad SMARTS) is 1. The molecule has 0 spiro atoms. The van der Waals surface area contributed by atoms with Crippen LogP contribution in [0.1, 0.15) is 53.4 Å². The lowest BCUT2D eigenvalue weighted by atomic mass is 9.82. The Labute approximate surface area is 233 Å². The van der Waals surface area contributed by atoms with Crippen molar-refractivity contribution in [2.24, 2.45) is 11.8 Å².